The molecule has 0 amide bonds. The lowest BCUT2D eigenvalue weighted by Gasteiger charge is -2.08. The summed E-state index contributed by atoms with van der Waals surface area (Å²) in [5.74, 6) is 0.962. The van der Waals surface area contributed by atoms with Crippen LogP contribution in [0.1, 0.15) is 0 Å². The fraction of sp³-hybridized carbons (Fsp3) is 0.0385. The van der Waals surface area contributed by atoms with Crippen molar-refractivity contribution in [3.8, 4) is 5.69 Å². The van der Waals surface area contributed by atoms with Crippen LogP contribution in [0.25, 0.3) is 55.3 Å². The SMILES string of the molecule is Cn1c2ccccc2n2c3c(ccc4c5ccccc5n(-c5ccccc5)c43)nc12. The van der Waals surface area contributed by atoms with Gasteiger partial charge in [-0.15, -0.1) is 0 Å². The number of nitrogens with zero attached hydrogens (tertiary/aromatic N) is 4. The van der Waals surface area contributed by atoms with Crippen molar-refractivity contribution in [2.24, 2.45) is 7.05 Å². The largest absolute Gasteiger partial charge is 0.313 e. The highest BCUT2D eigenvalue weighted by atomic mass is 15.2. The van der Waals surface area contributed by atoms with Gasteiger partial charge in [-0.1, -0.05) is 48.5 Å². The average molecular weight is 386 g/mol. The third-order valence-electron chi connectivity index (χ3n) is 6.23. The van der Waals surface area contributed by atoms with Gasteiger partial charge >= 0.3 is 0 Å². The number of benzene rings is 4. The lowest BCUT2D eigenvalue weighted by atomic mass is 10.1. The molecule has 4 heteroatoms. The zero-order chi connectivity index (χ0) is 19.8. The monoisotopic (exact) mass is 386 g/mol. The Kier molecular flexibility index (Phi) is 2.91. The van der Waals surface area contributed by atoms with Crippen molar-refractivity contribution in [2.45, 2.75) is 0 Å². The summed E-state index contributed by atoms with van der Waals surface area (Å²) >= 11 is 0. The van der Waals surface area contributed by atoms with Gasteiger partial charge in [0.05, 0.1) is 33.1 Å². The number of rotatable bonds is 1. The summed E-state index contributed by atoms with van der Waals surface area (Å²) < 4.78 is 6.87. The highest BCUT2D eigenvalue weighted by molar-refractivity contribution is 6.18. The van der Waals surface area contributed by atoms with Gasteiger partial charge in [-0.2, -0.15) is 0 Å². The summed E-state index contributed by atoms with van der Waals surface area (Å²) in [6, 6.07) is 32.1. The number of imidazole rings is 2. The third-order valence-corrected chi connectivity index (χ3v) is 6.23. The first-order valence-corrected chi connectivity index (χ1v) is 10.2. The van der Waals surface area contributed by atoms with Gasteiger partial charge in [0.2, 0.25) is 5.78 Å². The lowest BCUT2D eigenvalue weighted by molar-refractivity contribution is 0.973. The Morgan fingerprint density at radius 1 is 0.600 bits per heavy atom. The maximum absolute atomic E-state index is 5.02. The number of hydrogen-bond acceptors (Lipinski definition) is 1. The molecule has 0 fully saturated rings. The van der Waals surface area contributed by atoms with Crippen molar-refractivity contribution in [1.29, 1.82) is 0 Å². The molecule has 0 saturated carbocycles. The second-order valence-corrected chi connectivity index (χ2v) is 7.81. The van der Waals surface area contributed by atoms with E-state index in [1.165, 1.54) is 32.8 Å². The number of aromatic nitrogens is 4. The summed E-state index contributed by atoms with van der Waals surface area (Å²) in [6.45, 7) is 0. The topological polar surface area (TPSA) is 27.2 Å². The van der Waals surface area contributed by atoms with E-state index >= 15 is 0 Å². The molecule has 0 atom stereocenters. The Hall–Kier alpha value is -4.05. The number of aryl methyl sites for hydroxylation is 1. The first kappa shape index (κ1) is 15.8. The summed E-state index contributed by atoms with van der Waals surface area (Å²) in [6.07, 6.45) is 0. The third kappa shape index (κ3) is 1.83. The maximum Gasteiger partial charge on any atom is 0.215 e. The molecule has 0 N–H and O–H groups in total. The molecule has 4 nitrogen and oxygen atoms in total. The van der Waals surface area contributed by atoms with Crippen LogP contribution in [0.5, 0.6) is 0 Å². The van der Waals surface area contributed by atoms with Gasteiger partial charge in [0.15, 0.2) is 0 Å². The lowest BCUT2D eigenvalue weighted by Crippen LogP contribution is -1.95. The van der Waals surface area contributed by atoms with E-state index in [0.717, 1.165) is 22.5 Å². The molecule has 30 heavy (non-hydrogen) atoms. The summed E-state index contributed by atoms with van der Waals surface area (Å²) in [5.41, 5.74) is 8.09. The van der Waals surface area contributed by atoms with E-state index in [1.54, 1.807) is 0 Å². The molecule has 0 unspecified atom stereocenters. The summed E-state index contributed by atoms with van der Waals surface area (Å²) in [4.78, 5) is 5.02. The second kappa shape index (κ2) is 5.51. The standard InChI is InChI=1S/C26H18N4/c1-28-22-13-7-8-14-23(22)30-25-20(27-26(28)30)16-15-19-18-11-5-6-12-21(18)29(24(19)25)17-9-3-2-4-10-17/h2-16H,1H3. The van der Waals surface area contributed by atoms with E-state index in [4.69, 9.17) is 4.98 Å². The minimum absolute atomic E-state index is 0.962. The molecule has 0 aliphatic heterocycles. The quantitative estimate of drug-likeness (QED) is 0.336. The first-order chi connectivity index (χ1) is 14.8. The average Bonchev–Trinajstić information content (AvgIpc) is 3.43. The van der Waals surface area contributed by atoms with Gasteiger partial charge < -0.3 is 9.13 Å². The van der Waals surface area contributed by atoms with Crippen molar-refractivity contribution in [3.05, 3.63) is 91.0 Å². The number of hydrogen-bond donors (Lipinski definition) is 0. The molecule has 0 bridgehead atoms. The molecule has 0 aliphatic carbocycles. The van der Waals surface area contributed by atoms with Gasteiger partial charge in [-0.3, -0.25) is 4.40 Å². The van der Waals surface area contributed by atoms with E-state index in [0.29, 0.717) is 0 Å². The van der Waals surface area contributed by atoms with Crippen molar-refractivity contribution in [2.75, 3.05) is 0 Å². The van der Waals surface area contributed by atoms with E-state index in [-0.39, 0.29) is 0 Å². The Morgan fingerprint density at radius 2 is 1.30 bits per heavy atom. The van der Waals surface area contributed by atoms with E-state index in [9.17, 15) is 0 Å². The van der Waals surface area contributed by atoms with Crippen LogP contribution in [0.15, 0.2) is 91.0 Å². The van der Waals surface area contributed by atoms with Gasteiger partial charge in [-0.05, 0) is 42.5 Å². The highest BCUT2D eigenvalue weighted by Gasteiger charge is 2.20. The van der Waals surface area contributed by atoms with Crippen LogP contribution in [-0.4, -0.2) is 18.5 Å². The summed E-state index contributed by atoms with van der Waals surface area (Å²) in [5, 5.41) is 2.50. The minimum atomic E-state index is 0.962. The van der Waals surface area contributed by atoms with Gasteiger partial charge in [0.1, 0.15) is 0 Å². The van der Waals surface area contributed by atoms with E-state index in [2.05, 4.69) is 112 Å². The van der Waals surface area contributed by atoms with Crippen LogP contribution >= 0.6 is 0 Å². The van der Waals surface area contributed by atoms with Crippen LogP contribution in [0.3, 0.4) is 0 Å². The van der Waals surface area contributed by atoms with Crippen molar-refractivity contribution < 1.29 is 0 Å². The van der Waals surface area contributed by atoms with Crippen molar-refractivity contribution >= 4 is 49.7 Å². The zero-order valence-corrected chi connectivity index (χ0v) is 16.4. The molecule has 0 radical (unpaired) electrons. The fourth-order valence-corrected chi connectivity index (χ4v) is 4.94. The minimum Gasteiger partial charge on any atom is -0.313 e. The fourth-order valence-electron chi connectivity index (χ4n) is 4.94. The predicted molar refractivity (Wildman–Crippen MR) is 124 cm³/mol. The van der Waals surface area contributed by atoms with Gasteiger partial charge in [-0.25, -0.2) is 4.98 Å². The summed E-state index contributed by atoms with van der Waals surface area (Å²) in [7, 11) is 2.09. The molecule has 142 valence electrons. The molecule has 0 saturated heterocycles. The normalized spacial score (nSPS) is 12.2. The Morgan fingerprint density at radius 3 is 2.13 bits per heavy atom. The van der Waals surface area contributed by atoms with E-state index < -0.39 is 0 Å². The van der Waals surface area contributed by atoms with Crippen LogP contribution in [0.4, 0.5) is 0 Å². The molecular weight excluding hydrogens is 368 g/mol. The Labute approximate surface area is 172 Å². The van der Waals surface area contributed by atoms with Gasteiger partial charge in [0.25, 0.3) is 0 Å². The molecule has 3 heterocycles. The molecule has 4 aromatic carbocycles. The van der Waals surface area contributed by atoms with Crippen LogP contribution in [0.2, 0.25) is 0 Å². The first-order valence-electron chi connectivity index (χ1n) is 10.2. The molecular formula is C26H18N4. The molecule has 7 aromatic rings. The van der Waals surface area contributed by atoms with Crippen LogP contribution in [-0.2, 0) is 7.05 Å². The number of para-hydroxylation sites is 4. The predicted octanol–water partition coefficient (Wildman–Crippen LogP) is 6.08. The van der Waals surface area contributed by atoms with Crippen LogP contribution < -0.4 is 0 Å². The molecule has 3 aromatic heterocycles. The Balaban J connectivity index is 1.83. The van der Waals surface area contributed by atoms with Crippen molar-refractivity contribution in [1.82, 2.24) is 18.5 Å². The zero-order valence-electron chi connectivity index (χ0n) is 16.4. The number of fused-ring (bicyclic) bond motifs is 9. The molecule has 0 aliphatic rings. The van der Waals surface area contributed by atoms with Crippen molar-refractivity contribution in [3.63, 3.8) is 0 Å². The van der Waals surface area contributed by atoms with Crippen LogP contribution in [0, 0.1) is 0 Å². The molecule has 0 spiro atoms. The Bertz CT molecular complexity index is 1750. The van der Waals surface area contributed by atoms with Gasteiger partial charge in [0, 0.05) is 23.5 Å². The smallest absolute Gasteiger partial charge is 0.215 e. The highest BCUT2D eigenvalue weighted by Crippen LogP contribution is 2.38. The van der Waals surface area contributed by atoms with E-state index in [1.807, 2.05) is 0 Å². The maximum atomic E-state index is 5.02. The molecule has 7 rings (SSSR count). The second-order valence-electron chi connectivity index (χ2n) is 7.81.